The lowest BCUT2D eigenvalue weighted by Gasteiger charge is -2.22. The van der Waals surface area contributed by atoms with Gasteiger partial charge < -0.3 is 4.90 Å². The molecule has 1 heterocycles. The van der Waals surface area contributed by atoms with E-state index >= 15 is 0 Å². The molecular weight excluding hydrogens is 234 g/mol. The van der Waals surface area contributed by atoms with Gasteiger partial charge in [0.25, 0.3) is 0 Å². The Bertz CT molecular complexity index is 430. The van der Waals surface area contributed by atoms with Crippen LogP contribution in [0.15, 0.2) is 18.2 Å². The molecule has 0 spiro atoms. The first-order chi connectivity index (χ1) is 8.17. The van der Waals surface area contributed by atoms with Crippen LogP contribution in [-0.2, 0) is 17.6 Å². The van der Waals surface area contributed by atoms with Crippen LogP contribution in [0.25, 0.3) is 0 Å². The van der Waals surface area contributed by atoms with Crippen LogP contribution in [0.5, 0.6) is 0 Å². The third-order valence-electron chi connectivity index (χ3n) is 3.31. The molecular formula is C14H18ClNO. The summed E-state index contributed by atoms with van der Waals surface area (Å²) in [6.45, 7) is 4.02. The molecule has 1 aromatic carbocycles. The van der Waals surface area contributed by atoms with E-state index in [9.17, 15) is 4.79 Å². The Morgan fingerprint density at radius 3 is 2.94 bits per heavy atom. The van der Waals surface area contributed by atoms with Gasteiger partial charge in [0.15, 0.2) is 0 Å². The van der Waals surface area contributed by atoms with Gasteiger partial charge in [0.2, 0.25) is 5.91 Å². The average Bonchev–Trinajstić information content (AvgIpc) is 2.64. The molecule has 2 nitrogen and oxygen atoms in total. The van der Waals surface area contributed by atoms with Crippen molar-refractivity contribution >= 4 is 23.2 Å². The van der Waals surface area contributed by atoms with E-state index in [1.165, 1.54) is 11.1 Å². The molecule has 0 saturated carbocycles. The van der Waals surface area contributed by atoms with Gasteiger partial charge in [0.05, 0.1) is 0 Å². The molecule has 0 N–H and O–H groups in total. The predicted molar refractivity (Wildman–Crippen MR) is 71.8 cm³/mol. The van der Waals surface area contributed by atoms with E-state index < -0.39 is 0 Å². The lowest BCUT2D eigenvalue weighted by molar-refractivity contribution is -0.118. The third-order valence-corrected chi connectivity index (χ3v) is 3.50. The van der Waals surface area contributed by atoms with Gasteiger partial charge in [0, 0.05) is 24.0 Å². The quantitative estimate of drug-likeness (QED) is 0.756. The summed E-state index contributed by atoms with van der Waals surface area (Å²) in [5.41, 5.74) is 3.63. The van der Waals surface area contributed by atoms with Gasteiger partial charge >= 0.3 is 0 Å². The molecule has 1 atom stereocenters. The lowest BCUT2D eigenvalue weighted by Crippen LogP contribution is -2.35. The van der Waals surface area contributed by atoms with Crippen molar-refractivity contribution in [2.45, 2.75) is 39.2 Å². The van der Waals surface area contributed by atoms with E-state index in [1.54, 1.807) is 0 Å². The van der Waals surface area contributed by atoms with Crippen molar-refractivity contribution in [2.24, 2.45) is 0 Å². The van der Waals surface area contributed by atoms with Gasteiger partial charge in [0.1, 0.15) is 0 Å². The summed E-state index contributed by atoms with van der Waals surface area (Å²) >= 11 is 5.75. The summed E-state index contributed by atoms with van der Waals surface area (Å²) in [5, 5.41) is 0. The Morgan fingerprint density at radius 1 is 1.53 bits per heavy atom. The van der Waals surface area contributed by atoms with E-state index in [1.807, 2.05) is 11.8 Å². The molecule has 0 saturated heterocycles. The van der Waals surface area contributed by atoms with Gasteiger partial charge in [-0.05, 0) is 37.0 Å². The fourth-order valence-corrected chi connectivity index (χ4v) is 2.72. The Labute approximate surface area is 108 Å². The third kappa shape index (κ3) is 2.32. The Morgan fingerprint density at radius 2 is 2.29 bits per heavy atom. The molecule has 2 rings (SSSR count). The van der Waals surface area contributed by atoms with E-state index in [0.717, 1.165) is 18.5 Å². The monoisotopic (exact) mass is 251 g/mol. The maximum atomic E-state index is 11.9. The first-order valence-corrected chi connectivity index (χ1v) is 6.70. The number of carbonyl (C=O) groups excluding carboxylic acids is 1. The fraction of sp³-hybridized carbons (Fsp3) is 0.500. The van der Waals surface area contributed by atoms with E-state index in [2.05, 4.69) is 25.1 Å². The molecule has 1 aliphatic heterocycles. The molecule has 0 bridgehead atoms. The number of hydrogen-bond donors (Lipinski definition) is 0. The lowest BCUT2D eigenvalue weighted by atomic mass is 10.1. The first kappa shape index (κ1) is 12.4. The van der Waals surface area contributed by atoms with Crippen LogP contribution >= 0.6 is 11.6 Å². The maximum Gasteiger partial charge on any atom is 0.226 e. The minimum absolute atomic E-state index is 0.210. The molecule has 0 fully saturated rings. The number of halogens is 1. The summed E-state index contributed by atoms with van der Waals surface area (Å²) in [4.78, 5) is 13.8. The number of alkyl halides is 1. The highest BCUT2D eigenvalue weighted by atomic mass is 35.5. The van der Waals surface area contributed by atoms with Crippen LogP contribution in [0.4, 0.5) is 5.69 Å². The maximum absolute atomic E-state index is 11.9. The van der Waals surface area contributed by atoms with Crippen molar-refractivity contribution in [2.75, 3.05) is 10.8 Å². The van der Waals surface area contributed by atoms with Gasteiger partial charge in [-0.15, -0.1) is 11.6 Å². The zero-order chi connectivity index (χ0) is 12.4. The van der Waals surface area contributed by atoms with Crippen LogP contribution in [0, 0.1) is 0 Å². The van der Waals surface area contributed by atoms with Crippen molar-refractivity contribution in [3.8, 4) is 0 Å². The second-order valence-electron chi connectivity index (χ2n) is 4.57. The Kier molecular flexibility index (Phi) is 3.72. The van der Waals surface area contributed by atoms with Crippen LogP contribution in [-0.4, -0.2) is 17.8 Å². The number of rotatable bonds is 3. The molecule has 0 aliphatic carbocycles. The summed E-state index contributed by atoms with van der Waals surface area (Å²) in [5.74, 6) is 0.854. The summed E-state index contributed by atoms with van der Waals surface area (Å²) in [6, 6.07) is 6.62. The van der Waals surface area contributed by atoms with Crippen molar-refractivity contribution in [1.82, 2.24) is 0 Å². The topological polar surface area (TPSA) is 20.3 Å². The van der Waals surface area contributed by atoms with Gasteiger partial charge in [-0.25, -0.2) is 0 Å². The zero-order valence-corrected chi connectivity index (χ0v) is 11.1. The number of hydrogen-bond acceptors (Lipinski definition) is 1. The molecule has 92 valence electrons. The highest BCUT2D eigenvalue weighted by Gasteiger charge is 2.29. The fourth-order valence-electron chi connectivity index (χ4n) is 2.50. The highest BCUT2D eigenvalue weighted by molar-refractivity contribution is 6.18. The SMILES string of the molecule is CCC(=O)N1c2ccc(CCCl)cc2CC1C. The van der Waals surface area contributed by atoms with Crippen LogP contribution < -0.4 is 4.90 Å². The number of amides is 1. The standard InChI is InChI=1S/C14H18ClNO/c1-3-14(17)16-10(2)8-12-9-11(6-7-15)4-5-13(12)16/h4-5,9-10H,3,6-8H2,1-2H3. The molecule has 1 unspecified atom stereocenters. The number of fused-ring (bicyclic) bond motifs is 1. The minimum Gasteiger partial charge on any atom is -0.309 e. The molecule has 1 amide bonds. The summed E-state index contributed by atoms with van der Waals surface area (Å²) < 4.78 is 0. The van der Waals surface area contributed by atoms with E-state index in [0.29, 0.717) is 12.3 Å². The smallest absolute Gasteiger partial charge is 0.226 e. The number of anilines is 1. The van der Waals surface area contributed by atoms with Gasteiger partial charge in [-0.1, -0.05) is 19.1 Å². The Balaban J connectivity index is 2.32. The molecule has 1 aromatic rings. The predicted octanol–water partition coefficient (Wildman–Crippen LogP) is 3.16. The van der Waals surface area contributed by atoms with E-state index in [4.69, 9.17) is 11.6 Å². The van der Waals surface area contributed by atoms with Gasteiger partial charge in [-0.2, -0.15) is 0 Å². The minimum atomic E-state index is 0.210. The molecule has 0 aromatic heterocycles. The summed E-state index contributed by atoms with van der Waals surface area (Å²) in [6.07, 6.45) is 2.41. The number of aryl methyl sites for hydroxylation is 1. The molecule has 1 aliphatic rings. The molecule has 3 heteroatoms. The number of nitrogens with zero attached hydrogens (tertiary/aromatic N) is 1. The second-order valence-corrected chi connectivity index (χ2v) is 4.95. The van der Waals surface area contributed by atoms with Crippen molar-refractivity contribution < 1.29 is 4.79 Å². The van der Waals surface area contributed by atoms with Crippen molar-refractivity contribution in [3.05, 3.63) is 29.3 Å². The number of carbonyl (C=O) groups is 1. The highest BCUT2D eigenvalue weighted by Crippen LogP contribution is 2.33. The number of benzene rings is 1. The van der Waals surface area contributed by atoms with Crippen molar-refractivity contribution in [3.63, 3.8) is 0 Å². The molecule has 17 heavy (non-hydrogen) atoms. The van der Waals surface area contributed by atoms with E-state index in [-0.39, 0.29) is 11.9 Å². The van der Waals surface area contributed by atoms with Crippen LogP contribution in [0.2, 0.25) is 0 Å². The Hall–Kier alpha value is -1.02. The second kappa shape index (κ2) is 5.09. The average molecular weight is 252 g/mol. The largest absolute Gasteiger partial charge is 0.309 e. The summed E-state index contributed by atoms with van der Waals surface area (Å²) in [7, 11) is 0. The zero-order valence-electron chi connectivity index (χ0n) is 10.4. The van der Waals surface area contributed by atoms with Crippen LogP contribution in [0.1, 0.15) is 31.4 Å². The van der Waals surface area contributed by atoms with Crippen LogP contribution in [0.3, 0.4) is 0 Å². The van der Waals surface area contributed by atoms with Crippen molar-refractivity contribution in [1.29, 1.82) is 0 Å². The first-order valence-electron chi connectivity index (χ1n) is 6.17. The normalized spacial score (nSPS) is 18.3. The molecule has 0 radical (unpaired) electrons. The van der Waals surface area contributed by atoms with Gasteiger partial charge in [-0.3, -0.25) is 4.79 Å².